The minimum Gasteiger partial charge on any atom is -0.223 e. The minimum absolute atomic E-state index is 0.0222. The number of thiophene rings is 1. The Bertz CT molecular complexity index is 1100. The summed E-state index contributed by atoms with van der Waals surface area (Å²) in [5, 5.41) is 1.15. The summed E-state index contributed by atoms with van der Waals surface area (Å²) in [6.07, 6.45) is 0. The quantitative estimate of drug-likeness (QED) is 0.603. The van der Waals surface area contributed by atoms with Gasteiger partial charge in [-0.15, -0.1) is 11.3 Å². The highest BCUT2D eigenvalue weighted by atomic mass is 35.5. The summed E-state index contributed by atoms with van der Waals surface area (Å²) in [7, 11) is -7.65. The molecule has 2 aromatic carbocycles. The molecule has 9 heteroatoms. The number of sulfonamides is 1. The molecule has 5 nitrogen and oxygen atoms in total. The molecule has 0 radical (unpaired) electrons. The van der Waals surface area contributed by atoms with Gasteiger partial charge >= 0.3 is 0 Å². The normalized spacial score (nSPS) is 13.4. The molecule has 0 saturated heterocycles. The Hall–Kier alpha value is -1.71. The van der Waals surface area contributed by atoms with Crippen molar-refractivity contribution in [3.63, 3.8) is 0 Å². The van der Waals surface area contributed by atoms with Crippen LogP contribution in [0.4, 0.5) is 0 Å². The molecule has 0 aliphatic carbocycles. The highest BCUT2D eigenvalue weighted by Gasteiger charge is 2.31. The first-order valence-electron chi connectivity index (χ1n) is 7.88. The van der Waals surface area contributed by atoms with Crippen LogP contribution < -0.4 is 4.72 Å². The molecule has 142 valence electrons. The van der Waals surface area contributed by atoms with Crippen molar-refractivity contribution >= 4 is 42.8 Å². The standard InChI is InChI=1S/C18H16ClNO4S3/c19-14-8-10-16(11-9-14)27(23,24)20-13-18(17-7-4-12-25-17)26(21,22)15-5-2-1-3-6-15/h1-12,18,20H,13H2/t18-/m1/s1. The van der Waals surface area contributed by atoms with Crippen molar-refractivity contribution in [1.82, 2.24) is 4.72 Å². The molecule has 0 bridgehead atoms. The van der Waals surface area contributed by atoms with Crippen LogP contribution >= 0.6 is 22.9 Å². The number of hydrogen-bond donors (Lipinski definition) is 1. The van der Waals surface area contributed by atoms with Gasteiger partial charge in [0, 0.05) is 16.4 Å². The van der Waals surface area contributed by atoms with Crippen molar-refractivity contribution in [3.05, 3.63) is 82.0 Å². The van der Waals surface area contributed by atoms with E-state index in [2.05, 4.69) is 4.72 Å². The van der Waals surface area contributed by atoms with Gasteiger partial charge in [-0.1, -0.05) is 35.9 Å². The second kappa shape index (κ2) is 8.12. The number of nitrogens with one attached hydrogen (secondary N) is 1. The second-order valence-electron chi connectivity index (χ2n) is 5.67. The Balaban J connectivity index is 1.91. The first kappa shape index (κ1) is 20.0. The molecule has 3 aromatic rings. The fourth-order valence-corrected chi connectivity index (χ4v) is 6.58. The zero-order valence-corrected chi connectivity index (χ0v) is 17.2. The molecular formula is C18H16ClNO4S3. The van der Waals surface area contributed by atoms with Crippen molar-refractivity contribution in [3.8, 4) is 0 Å². The average molecular weight is 442 g/mol. The van der Waals surface area contributed by atoms with Gasteiger partial charge in [-0.2, -0.15) is 0 Å². The summed E-state index contributed by atoms with van der Waals surface area (Å²) in [4.78, 5) is 0.737. The Morgan fingerprint density at radius 3 is 2.11 bits per heavy atom. The third kappa shape index (κ3) is 4.59. The lowest BCUT2D eigenvalue weighted by molar-refractivity contribution is 0.569. The molecule has 1 aromatic heterocycles. The van der Waals surface area contributed by atoms with E-state index in [-0.39, 0.29) is 16.3 Å². The molecule has 1 heterocycles. The van der Waals surface area contributed by atoms with Gasteiger partial charge in [0.25, 0.3) is 0 Å². The van der Waals surface area contributed by atoms with E-state index in [1.807, 2.05) is 0 Å². The highest BCUT2D eigenvalue weighted by molar-refractivity contribution is 7.92. The fraction of sp³-hybridized carbons (Fsp3) is 0.111. The molecule has 27 heavy (non-hydrogen) atoms. The molecule has 0 fully saturated rings. The highest BCUT2D eigenvalue weighted by Crippen LogP contribution is 2.31. The first-order chi connectivity index (χ1) is 12.8. The van der Waals surface area contributed by atoms with Crippen molar-refractivity contribution in [1.29, 1.82) is 0 Å². The molecule has 1 atom stereocenters. The summed E-state index contributed by atoms with van der Waals surface area (Å²) in [6.45, 7) is -0.275. The largest absolute Gasteiger partial charge is 0.240 e. The van der Waals surface area contributed by atoms with E-state index >= 15 is 0 Å². The topological polar surface area (TPSA) is 80.3 Å². The van der Waals surface area contributed by atoms with Crippen LogP contribution in [0.3, 0.4) is 0 Å². The SMILES string of the molecule is O=S(=O)(NC[C@H](c1cccs1)S(=O)(=O)c1ccccc1)c1ccc(Cl)cc1. The Morgan fingerprint density at radius 1 is 0.852 bits per heavy atom. The lowest BCUT2D eigenvalue weighted by atomic mass is 10.3. The number of rotatable bonds is 7. The molecule has 0 saturated carbocycles. The predicted molar refractivity (Wildman–Crippen MR) is 107 cm³/mol. The number of sulfone groups is 1. The van der Waals surface area contributed by atoms with Gasteiger partial charge in [0.15, 0.2) is 9.84 Å². The van der Waals surface area contributed by atoms with Crippen LogP contribution in [0, 0.1) is 0 Å². The monoisotopic (exact) mass is 441 g/mol. The van der Waals surface area contributed by atoms with Gasteiger partial charge in [-0.05, 0) is 47.8 Å². The second-order valence-corrected chi connectivity index (χ2v) is 11.0. The minimum atomic E-state index is -3.87. The Kier molecular flexibility index (Phi) is 6.02. The summed E-state index contributed by atoms with van der Waals surface area (Å²) in [6, 6.07) is 17.1. The Morgan fingerprint density at radius 2 is 1.52 bits per heavy atom. The van der Waals surface area contributed by atoms with E-state index in [4.69, 9.17) is 11.6 Å². The van der Waals surface area contributed by atoms with Crippen LogP contribution in [0.5, 0.6) is 0 Å². The zero-order valence-electron chi connectivity index (χ0n) is 13.9. The molecule has 0 amide bonds. The van der Waals surface area contributed by atoms with Crippen LogP contribution in [0.15, 0.2) is 81.9 Å². The van der Waals surface area contributed by atoms with Crippen LogP contribution in [-0.4, -0.2) is 23.4 Å². The van der Waals surface area contributed by atoms with E-state index in [0.717, 1.165) is 0 Å². The van der Waals surface area contributed by atoms with Crippen molar-refractivity contribution < 1.29 is 16.8 Å². The third-order valence-corrected chi connectivity index (χ3v) is 8.82. The van der Waals surface area contributed by atoms with Gasteiger partial charge < -0.3 is 0 Å². The maximum absolute atomic E-state index is 13.1. The van der Waals surface area contributed by atoms with E-state index in [1.54, 1.807) is 35.7 Å². The van der Waals surface area contributed by atoms with Crippen LogP contribution in [-0.2, 0) is 19.9 Å². The van der Waals surface area contributed by atoms with Crippen molar-refractivity contribution in [2.24, 2.45) is 0 Å². The Labute approximate surface area is 167 Å². The van der Waals surface area contributed by atoms with Gasteiger partial charge in [0.2, 0.25) is 10.0 Å². The lowest BCUT2D eigenvalue weighted by Crippen LogP contribution is -2.31. The van der Waals surface area contributed by atoms with Crippen molar-refractivity contribution in [2.45, 2.75) is 15.0 Å². The molecule has 3 rings (SSSR count). The molecule has 1 N–H and O–H groups in total. The van der Waals surface area contributed by atoms with Gasteiger partial charge in [0.1, 0.15) is 5.25 Å². The predicted octanol–water partition coefficient (Wildman–Crippen LogP) is 3.90. The lowest BCUT2D eigenvalue weighted by Gasteiger charge is -2.17. The summed E-state index contributed by atoms with van der Waals surface area (Å²) in [5.41, 5.74) is 0. The van der Waals surface area contributed by atoms with E-state index in [0.29, 0.717) is 9.90 Å². The maximum atomic E-state index is 13.1. The van der Waals surface area contributed by atoms with E-state index in [1.165, 1.54) is 47.7 Å². The van der Waals surface area contributed by atoms with Crippen molar-refractivity contribution in [2.75, 3.05) is 6.54 Å². The number of benzene rings is 2. The van der Waals surface area contributed by atoms with E-state index < -0.39 is 25.1 Å². The molecule has 0 aliphatic rings. The summed E-state index contributed by atoms with van der Waals surface area (Å²) in [5.74, 6) is 0. The maximum Gasteiger partial charge on any atom is 0.240 e. The molecular weight excluding hydrogens is 426 g/mol. The third-order valence-electron chi connectivity index (χ3n) is 3.89. The van der Waals surface area contributed by atoms with Gasteiger partial charge in [0.05, 0.1) is 9.79 Å². The summed E-state index contributed by atoms with van der Waals surface area (Å²) >= 11 is 7.06. The zero-order chi connectivity index (χ0) is 19.5. The molecule has 0 spiro atoms. The van der Waals surface area contributed by atoms with Gasteiger partial charge in [-0.25, -0.2) is 21.6 Å². The fourth-order valence-electron chi connectivity index (χ4n) is 2.49. The summed E-state index contributed by atoms with van der Waals surface area (Å²) < 4.78 is 53.7. The smallest absolute Gasteiger partial charge is 0.223 e. The number of halogens is 1. The molecule has 0 unspecified atom stereocenters. The molecule has 0 aliphatic heterocycles. The van der Waals surface area contributed by atoms with Crippen LogP contribution in [0.1, 0.15) is 10.1 Å². The number of hydrogen-bond acceptors (Lipinski definition) is 5. The van der Waals surface area contributed by atoms with Crippen LogP contribution in [0.25, 0.3) is 0 Å². The first-order valence-corrected chi connectivity index (χ1v) is 12.2. The van der Waals surface area contributed by atoms with Crippen LogP contribution in [0.2, 0.25) is 5.02 Å². The van der Waals surface area contributed by atoms with Gasteiger partial charge in [-0.3, -0.25) is 0 Å². The average Bonchev–Trinajstić information content (AvgIpc) is 3.17. The van der Waals surface area contributed by atoms with E-state index in [9.17, 15) is 16.8 Å².